The van der Waals surface area contributed by atoms with E-state index < -0.39 is 20.8 Å². The van der Waals surface area contributed by atoms with Crippen molar-refractivity contribution in [3.8, 4) is 0 Å². The summed E-state index contributed by atoms with van der Waals surface area (Å²) in [5.41, 5.74) is 8.90. The molecule has 0 saturated heterocycles. The van der Waals surface area contributed by atoms with E-state index in [0.29, 0.717) is 0 Å². The van der Waals surface area contributed by atoms with Crippen LogP contribution in [0.4, 0.5) is 0 Å². The molecule has 2 rings (SSSR count). The number of hydrogen-bond acceptors (Lipinski definition) is 0. The van der Waals surface area contributed by atoms with Crippen molar-refractivity contribution in [2.24, 2.45) is 0 Å². The van der Waals surface area contributed by atoms with Gasteiger partial charge < -0.3 is 0 Å². The van der Waals surface area contributed by atoms with Crippen molar-refractivity contribution in [3.05, 3.63) is 45.6 Å². The summed E-state index contributed by atoms with van der Waals surface area (Å²) in [4.78, 5) is 0. The van der Waals surface area contributed by atoms with Crippen molar-refractivity contribution >= 4 is 17.0 Å². The van der Waals surface area contributed by atoms with Gasteiger partial charge in [-0.3, -0.25) is 0 Å². The Hall–Kier alpha value is 0.423. The fourth-order valence-corrected chi connectivity index (χ4v) is 2.79. The molecule has 0 aromatic carbocycles. The first-order valence-corrected chi connectivity index (χ1v) is 14.9. The molecular formula is C20H30Cl2Zr. The van der Waals surface area contributed by atoms with E-state index in [1.54, 1.807) is 0 Å². The third-order valence-electron chi connectivity index (χ3n) is 4.20. The average Bonchev–Trinajstić information content (AvgIpc) is 3.10. The molecule has 23 heavy (non-hydrogen) atoms. The van der Waals surface area contributed by atoms with Gasteiger partial charge >= 0.3 is 37.9 Å². The van der Waals surface area contributed by atoms with Crippen molar-refractivity contribution < 1.29 is 20.8 Å². The third kappa shape index (κ3) is 8.90. The SMILES string of the molecule is CCC1=[C-]C(CC)=C(C)C1.CCC1=[C-]C(CC)=C(C)C1.[Cl][Zr+2][Cl]. The van der Waals surface area contributed by atoms with Crippen molar-refractivity contribution in [1.82, 2.24) is 0 Å². The van der Waals surface area contributed by atoms with E-state index in [2.05, 4.69) is 53.7 Å². The van der Waals surface area contributed by atoms with Crippen LogP contribution < -0.4 is 0 Å². The van der Waals surface area contributed by atoms with Crippen LogP contribution in [0.5, 0.6) is 0 Å². The molecule has 0 radical (unpaired) electrons. The summed E-state index contributed by atoms with van der Waals surface area (Å²) in [6, 6.07) is 0. The summed E-state index contributed by atoms with van der Waals surface area (Å²) < 4.78 is 0. The van der Waals surface area contributed by atoms with Crippen molar-refractivity contribution in [1.29, 1.82) is 0 Å². The Morgan fingerprint density at radius 1 is 0.739 bits per heavy atom. The predicted molar refractivity (Wildman–Crippen MR) is 101 cm³/mol. The van der Waals surface area contributed by atoms with Gasteiger partial charge in [-0.15, -0.1) is 13.8 Å². The van der Waals surface area contributed by atoms with Crippen LogP contribution in [0, 0.1) is 12.2 Å². The molecule has 0 nitrogen and oxygen atoms in total. The van der Waals surface area contributed by atoms with E-state index in [9.17, 15) is 0 Å². The zero-order valence-electron chi connectivity index (χ0n) is 15.5. The molecule has 0 atom stereocenters. The Balaban J connectivity index is 0.000000360. The van der Waals surface area contributed by atoms with Crippen molar-refractivity contribution in [3.63, 3.8) is 0 Å². The van der Waals surface area contributed by atoms with Crippen LogP contribution in [0.2, 0.25) is 0 Å². The molecule has 0 bridgehead atoms. The summed E-state index contributed by atoms with van der Waals surface area (Å²) in [6.45, 7) is 13.2. The van der Waals surface area contributed by atoms with Crippen molar-refractivity contribution in [2.45, 2.75) is 80.1 Å². The van der Waals surface area contributed by atoms with E-state index >= 15 is 0 Å². The van der Waals surface area contributed by atoms with Gasteiger partial charge in [-0.25, -0.2) is 34.4 Å². The van der Waals surface area contributed by atoms with E-state index in [1.807, 2.05) is 0 Å². The van der Waals surface area contributed by atoms with Gasteiger partial charge in [-0.1, -0.05) is 66.2 Å². The Kier molecular flexibility index (Phi) is 13.9. The number of rotatable bonds is 4. The quantitative estimate of drug-likeness (QED) is 0.396. The van der Waals surface area contributed by atoms with Crippen LogP contribution in [0.25, 0.3) is 0 Å². The Morgan fingerprint density at radius 3 is 1.17 bits per heavy atom. The van der Waals surface area contributed by atoms with E-state index in [4.69, 9.17) is 17.0 Å². The van der Waals surface area contributed by atoms with Gasteiger partial charge in [-0.05, 0) is 0 Å². The Morgan fingerprint density at radius 2 is 1.04 bits per heavy atom. The summed E-state index contributed by atoms with van der Waals surface area (Å²) >= 11 is -0.826. The molecule has 3 heteroatoms. The number of hydrogen-bond donors (Lipinski definition) is 0. The average molecular weight is 433 g/mol. The molecule has 2 aliphatic rings. The Labute approximate surface area is 162 Å². The summed E-state index contributed by atoms with van der Waals surface area (Å²) in [6.07, 6.45) is 13.9. The summed E-state index contributed by atoms with van der Waals surface area (Å²) in [5.74, 6) is 0. The second-order valence-corrected chi connectivity index (χ2v) is 9.55. The molecule has 128 valence electrons. The summed E-state index contributed by atoms with van der Waals surface area (Å²) in [5, 5.41) is 0. The normalized spacial score (nSPS) is 16.2. The fourth-order valence-electron chi connectivity index (χ4n) is 2.79. The summed E-state index contributed by atoms with van der Waals surface area (Å²) in [7, 11) is 9.87. The topological polar surface area (TPSA) is 0 Å². The second kappa shape index (κ2) is 13.7. The van der Waals surface area contributed by atoms with Crippen LogP contribution in [0.15, 0.2) is 33.4 Å². The molecule has 0 unspecified atom stereocenters. The molecule has 0 N–H and O–H groups in total. The van der Waals surface area contributed by atoms with Gasteiger partial charge in [0.2, 0.25) is 0 Å². The van der Waals surface area contributed by atoms with Gasteiger partial charge in [0, 0.05) is 0 Å². The van der Waals surface area contributed by atoms with E-state index in [1.165, 1.54) is 59.1 Å². The van der Waals surface area contributed by atoms with E-state index in [-0.39, 0.29) is 0 Å². The fraction of sp³-hybridized carbons (Fsp3) is 0.600. The van der Waals surface area contributed by atoms with Gasteiger partial charge in [0.25, 0.3) is 0 Å². The molecule has 2 aliphatic carbocycles. The zero-order chi connectivity index (χ0) is 17.8. The molecule has 0 aliphatic heterocycles. The van der Waals surface area contributed by atoms with E-state index in [0.717, 1.165) is 12.8 Å². The van der Waals surface area contributed by atoms with Crippen LogP contribution in [-0.2, 0) is 20.8 Å². The molecule has 0 saturated carbocycles. The maximum absolute atomic E-state index is 4.93. The standard InChI is InChI=1S/2C10H15.2ClH.Zr/c2*1-4-9-6-8(3)10(5-2)7-9;;;/h2*4-6H2,1-3H3;2*1H;/q2*-1;;;+4/p-2. The Bertz CT molecular complexity index is 438. The molecule has 0 aromatic rings. The van der Waals surface area contributed by atoms with Gasteiger partial charge in [0.1, 0.15) is 0 Å². The molecular weight excluding hydrogens is 402 g/mol. The second-order valence-electron chi connectivity index (χ2n) is 5.81. The van der Waals surface area contributed by atoms with Crippen LogP contribution in [0.3, 0.4) is 0 Å². The van der Waals surface area contributed by atoms with Crippen LogP contribution in [0.1, 0.15) is 80.1 Å². The minimum absolute atomic E-state index is 0.826. The maximum atomic E-state index is 4.93. The van der Waals surface area contributed by atoms with Crippen LogP contribution >= 0.6 is 17.0 Å². The molecule has 0 fully saturated rings. The zero-order valence-corrected chi connectivity index (χ0v) is 19.5. The molecule has 0 amide bonds. The third-order valence-corrected chi connectivity index (χ3v) is 4.20. The predicted octanol–water partition coefficient (Wildman–Crippen LogP) is 7.89. The van der Waals surface area contributed by atoms with Gasteiger partial charge in [-0.2, -0.15) is 11.1 Å². The first-order valence-electron chi connectivity index (χ1n) is 8.53. The molecule has 0 aromatic heterocycles. The van der Waals surface area contributed by atoms with Crippen molar-refractivity contribution in [2.75, 3.05) is 0 Å². The first kappa shape index (κ1) is 23.4. The number of allylic oxidation sites excluding steroid dienone is 8. The monoisotopic (exact) mass is 430 g/mol. The molecule has 0 heterocycles. The minimum atomic E-state index is -0.826. The first-order chi connectivity index (χ1) is 11.0. The van der Waals surface area contributed by atoms with Gasteiger partial charge in [0.15, 0.2) is 0 Å². The van der Waals surface area contributed by atoms with Gasteiger partial charge in [0.05, 0.1) is 0 Å². The van der Waals surface area contributed by atoms with Crippen LogP contribution in [-0.4, -0.2) is 0 Å². The molecule has 0 spiro atoms. The number of halogens is 2.